The molecule has 0 saturated heterocycles. The van der Waals surface area contributed by atoms with Crippen molar-refractivity contribution in [2.24, 2.45) is 9.98 Å². The van der Waals surface area contributed by atoms with Gasteiger partial charge in [0.1, 0.15) is 23.2 Å². The lowest BCUT2D eigenvalue weighted by molar-refractivity contribution is -0.183. The molecule has 13 rings (SSSR count). The van der Waals surface area contributed by atoms with Crippen molar-refractivity contribution in [1.82, 2.24) is 0 Å². The SMILES string of the molecule is O=C(OCc1ccccc1)C1(C(=O)OCc2ccccc2)Oc2c(sc3cc(N=c4c(=O)c5cc6ccccc6cc5c4=O)sc23)-c2sc3cc(N=c4c(=O)c5cc6ccccc6cc5c4=O)sc3c21. The molecule has 8 aromatic carbocycles. The van der Waals surface area contributed by atoms with Crippen molar-refractivity contribution in [2.45, 2.75) is 18.8 Å². The van der Waals surface area contributed by atoms with E-state index in [2.05, 4.69) is 9.98 Å². The van der Waals surface area contributed by atoms with Gasteiger partial charge in [-0.3, -0.25) is 19.2 Å². The summed E-state index contributed by atoms with van der Waals surface area (Å²) in [6.45, 7) is -0.399. The summed E-state index contributed by atoms with van der Waals surface area (Å²) in [6.07, 6.45) is 0. The normalized spacial score (nSPS) is 13.0. The number of benzene rings is 6. The molecule has 0 N–H and O–H groups in total. The van der Waals surface area contributed by atoms with E-state index in [0.29, 0.717) is 49.7 Å². The number of hydrogen-bond acceptors (Lipinski definition) is 15. The van der Waals surface area contributed by atoms with Gasteiger partial charge in [0.2, 0.25) is 21.7 Å². The monoisotopic (exact) mass is 988 g/mol. The molecule has 11 nitrogen and oxygen atoms in total. The summed E-state index contributed by atoms with van der Waals surface area (Å²) < 4.78 is 21.3. The minimum Gasteiger partial charge on any atom is -0.457 e. The second-order valence-electron chi connectivity index (χ2n) is 16.8. The Morgan fingerprint density at radius 1 is 0.471 bits per heavy atom. The number of carbonyl (C=O) groups is 2. The minimum atomic E-state index is -2.54. The molecule has 0 unspecified atom stereocenters. The smallest absolute Gasteiger partial charge is 0.367 e. The predicted octanol–water partition coefficient (Wildman–Crippen LogP) is 10.3. The van der Waals surface area contributed by atoms with Crippen LogP contribution < -0.4 is 37.2 Å². The van der Waals surface area contributed by atoms with Crippen LogP contribution in [0.5, 0.6) is 5.75 Å². The fourth-order valence-electron chi connectivity index (χ4n) is 9.16. The Bertz CT molecular complexity index is 4350. The lowest BCUT2D eigenvalue weighted by Gasteiger charge is -2.33. The number of ether oxygens (including phenoxy) is 3. The molecular formula is C55H28N2O9S4. The van der Waals surface area contributed by atoms with Crippen LogP contribution in [-0.4, -0.2) is 11.9 Å². The van der Waals surface area contributed by atoms with E-state index >= 15 is 9.59 Å². The molecule has 1 aliphatic heterocycles. The Kier molecular flexibility index (Phi) is 9.61. The van der Waals surface area contributed by atoms with Crippen LogP contribution in [0.4, 0.5) is 10.0 Å². The van der Waals surface area contributed by atoms with Crippen LogP contribution >= 0.6 is 45.3 Å². The first kappa shape index (κ1) is 42.1. The Balaban J connectivity index is 0.998. The summed E-state index contributed by atoms with van der Waals surface area (Å²) in [5.41, 5.74) is -2.98. The van der Waals surface area contributed by atoms with Crippen molar-refractivity contribution in [3.63, 3.8) is 0 Å². The van der Waals surface area contributed by atoms with Gasteiger partial charge in [0.05, 0.1) is 29.4 Å². The van der Waals surface area contributed by atoms with Crippen LogP contribution in [0.15, 0.2) is 175 Å². The summed E-state index contributed by atoms with van der Waals surface area (Å²) >= 11 is 4.89. The number of fused-ring (bicyclic) bond motifs is 11. The molecule has 0 amide bonds. The van der Waals surface area contributed by atoms with Gasteiger partial charge in [0.25, 0.3) is 0 Å². The van der Waals surface area contributed by atoms with Crippen molar-refractivity contribution < 1.29 is 23.8 Å². The first-order valence-electron chi connectivity index (χ1n) is 21.8. The summed E-state index contributed by atoms with van der Waals surface area (Å²) in [5, 5.41) is 4.60. The number of nitrogens with zero attached hydrogens (tertiary/aromatic N) is 2. The molecule has 4 aromatic heterocycles. The van der Waals surface area contributed by atoms with Crippen LogP contribution in [-0.2, 0) is 37.9 Å². The van der Waals surface area contributed by atoms with Gasteiger partial charge in [0, 0.05) is 26.2 Å². The zero-order valence-corrected chi connectivity index (χ0v) is 39.2. The van der Waals surface area contributed by atoms with Crippen molar-refractivity contribution in [2.75, 3.05) is 0 Å². The standard InChI is InChI=1S/C55H28N2O9S4/c58-44-33-19-29-15-7-8-16-30(29)20-34(33)45(59)42(44)56-39-23-37-49(69-39)41-51(67-37)52-48(66-55(41,53(62)64-25-27-11-3-1-4-12-27)54(63)65-26-28-13-5-2-6-14-28)50-38(68-52)24-40(70-50)57-43-46(60)35-21-31-17-9-10-18-32(31)22-36(35)47(43)61/h1-24H,25-26H2. The Morgan fingerprint density at radius 2 is 0.857 bits per heavy atom. The average Bonchev–Trinajstić information content (AvgIpc) is 4.22. The molecule has 336 valence electrons. The predicted molar refractivity (Wildman–Crippen MR) is 276 cm³/mol. The van der Waals surface area contributed by atoms with Gasteiger partial charge in [-0.05, 0) is 69.1 Å². The maximum Gasteiger partial charge on any atom is 0.367 e. The van der Waals surface area contributed by atoms with E-state index in [1.165, 1.54) is 22.7 Å². The highest BCUT2D eigenvalue weighted by molar-refractivity contribution is 7.36. The quantitative estimate of drug-likeness (QED) is 0.107. The molecule has 1 aliphatic rings. The fourth-order valence-corrected chi connectivity index (χ4v) is 14.3. The summed E-state index contributed by atoms with van der Waals surface area (Å²) in [4.78, 5) is 95.9. The second kappa shape index (κ2) is 16.0. The highest BCUT2D eigenvalue weighted by Gasteiger charge is 2.60. The first-order valence-corrected chi connectivity index (χ1v) is 25.1. The van der Waals surface area contributed by atoms with Gasteiger partial charge >= 0.3 is 17.5 Å². The van der Waals surface area contributed by atoms with Gasteiger partial charge in [-0.25, -0.2) is 19.6 Å². The second-order valence-corrected chi connectivity index (χ2v) is 20.9. The van der Waals surface area contributed by atoms with Crippen LogP contribution in [0.3, 0.4) is 0 Å². The average molecular weight is 989 g/mol. The molecular weight excluding hydrogens is 961 g/mol. The molecule has 0 atom stereocenters. The van der Waals surface area contributed by atoms with E-state index in [9.17, 15) is 19.2 Å². The van der Waals surface area contributed by atoms with Crippen molar-refractivity contribution >= 4 is 129 Å². The van der Waals surface area contributed by atoms with E-state index < -0.39 is 39.3 Å². The Morgan fingerprint density at radius 3 is 1.30 bits per heavy atom. The van der Waals surface area contributed by atoms with Crippen molar-refractivity contribution in [3.8, 4) is 15.5 Å². The fraction of sp³-hybridized carbons (Fsp3) is 0.0545. The van der Waals surface area contributed by atoms with Crippen LogP contribution in [0, 0.1) is 0 Å². The number of carbonyl (C=O) groups excluding carboxylic acids is 2. The lowest BCUT2D eigenvalue weighted by atomic mass is 9.90. The zero-order valence-electron chi connectivity index (χ0n) is 36.0. The lowest BCUT2D eigenvalue weighted by Crippen LogP contribution is -2.52. The third-order valence-corrected chi connectivity index (χ3v) is 17.3. The molecule has 0 fully saturated rings. The summed E-state index contributed by atoms with van der Waals surface area (Å²) in [5.74, 6) is -1.86. The molecule has 12 aromatic rings. The van der Waals surface area contributed by atoms with Crippen molar-refractivity contribution in [3.05, 3.63) is 214 Å². The third kappa shape index (κ3) is 6.50. The van der Waals surface area contributed by atoms with E-state index in [0.717, 1.165) is 44.2 Å². The highest BCUT2D eigenvalue weighted by atomic mass is 32.1. The van der Waals surface area contributed by atoms with Gasteiger partial charge < -0.3 is 14.2 Å². The first-order chi connectivity index (χ1) is 34.1. The zero-order chi connectivity index (χ0) is 47.4. The van der Waals surface area contributed by atoms with Gasteiger partial charge in [-0.15, -0.1) is 45.3 Å². The molecule has 5 heterocycles. The Hall–Kier alpha value is -8.08. The van der Waals surface area contributed by atoms with Crippen molar-refractivity contribution in [1.29, 1.82) is 0 Å². The molecule has 70 heavy (non-hydrogen) atoms. The molecule has 15 heteroatoms. The van der Waals surface area contributed by atoms with Gasteiger partial charge in [-0.2, -0.15) is 0 Å². The highest BCUT2D eigenvalue weighted by Crippen LogP contribution is 2.61. The van der Waals surface area contributed by atoms with Gasteiger partial charge in [-0.1, -0.05) is 109 Å². The summed E-state index contributed by atoms with van der Waals surface area (Å²) in [6, 6.07) is 43.3. The summed E-state index contributed by atoms with van der Waals surface area (Å²) in [7, 11) is 0. The van der Waals surface area contributed by atoms with Crippen LogP contribution in [0.25, 0.3) is 71.6 Å². The van der Waals surface area contributed by atoms with Crippen LogP contribution in [0.1, 0.15) is 16.7 Å². The Labute approximate surface area is 408 Å². The molecule has 0 radical (unpaired) electrons. The molecule has 0 saturated carbocycles. The third-order valence-electron chi connectivity index (χ3n) is 12.5. The number of thiophene rings is 4. The molecule has 0 spiro atoms. The number of rotatable bonds is 8. The number of hydrogen-bond donors (Lipinski definition) is 0. The maximum atomic E-state index is 15.2. The van der Waals surface area contributed by atoms with Crippen LogP contribution in [0.2, 0.25) is 0 Å². The number of esters is 2. The maximum absolute atomic E-state index is 15.2. The van der Waals surface area contributed by atoms with E-state index in [-0.39, 0.29) is 56.8 Å². The topological polar surface area (TPSA) is 155 Å². The molecule has 0 bridgehead atoms. The van der Waals surface area contributed by atoms with E-state index in [1.807, 2.05) is 60.7 Å². The van der Waals surface area contributed by atoms with Gasteiger partial charge in [0.15, 0.2) is 16.5 Å². The molecule has 0 aliphatic carbocycles. The minimum absolute atomic E-state index is 0.188. The van der Waals surface area contributed by atoms with E-state index in [4.69, 9.17) is 14.2 Å². The largest absolute Gasteiger partial charge is 0.457 e. The van der Waals surface area contributed by atoms with E-state index in [1.54, 1.807) is 84.9 Å².